The van der Waals surface area contributed by atoms with E-state index < -0.39 is 12.0 Å². The number of halogens is 1. The molecule has 1 amide bonds. The molecule has 0 radical (unpaired) electrons. The molecule has 1 saturated heterocycles. The first-order valence-corrected chi connectivity index (χ1v) is 8.08. The molecule has 2 atom stereocenters. The van der Waals surface area contributed by atoms with Crippen LogP contribution in [0.25, 0.3) is 0 Å². The molecule has 22 heavy (non-hydrogen) atoms. The van der Waals surface area contributed by atoms with Crippen LogP contribution in [0.3, 0.4) is 0 Å². The normalized spacial score (nSPS) is 21.4. The van der Waals surface area contributed by atoms with Crippen molar-refractivity contribution >= 4 is 23.5 Å². The van der Waals surface area contributed by atoms with E-state index in [2.05, 4.69) is 13.8 Å². The van der Waals surface area contributed by atoms with Crippen LogP contribution in [0, 0.1) is 5.92 Å². The van der Waals surface area contributed by atoms with E-state index >= 15 is 0 Å². The lowest BCUT2D eigenvalue weighted by Crippen LogP contribution is -2.41. The highest BCUT2D eigenvalue weighted by Crippen LogP contribution is 2.39. The smallest absolute Gasteiger partial charge is 0.326 e. The molecule has 1 aromatic rings. The van der Waals surface area contributed by atoms with Crippen LogP contribution in [0.5, 0.6) is 0 Å². The Hall–Kier alpha value is -1.55. The van der Waals surface area contributed by atoms with E-state index in [0.717, 1.165) is 12.0 Å². The maximum Gasteiger partial charge on any atom is 0.326 e. The zero-order chi connectivity index (χ0) is 16.3. The number of aliphatic carboxylic acids is 1. The number of benzene rings is 1. The minimum atomic E-state index is -0.938. The van der Waals surface area contributed by atoms with Gasteiger partial charge >= 0.3 is 5.97 Å². The van der Waals surface area contributed by atoms with Crippen LogP contribution in [0.1, 0.15) is 51.1 Å². The first-order chi connectivity index (χ1) is 10.4. The van der Waals surface area contributed by atoms with E-state index in [1.54, 1.807) is 6.07 Å². The molecule has 1 aliphatic heterocycles. The summed E-state index contributed by atoms with van der Waals surface area (Å²) in [6.07, 6.45) is 2.24. The Morgan fingerprint density at radius 3 is 2.59 bits per heavy atom. The lowest BCUT2D eigenvalue weighted by atomic mass is 10.0. The highest BCUT2D eigenvalue weighted by atomic mass is 35.5. The number of carboxylic acids is 1. The maximum atomic E-state index is 12.6. The van der Waals surface area contributed by atoms with E-state index in [0.29, 0.717) is 30.2 Å². The van der Waals surface area contributed by atoms with Crippen molar-refractivity contribution in [1.82, 2.24) is 4.90 Å². The van der Waals surface area contributed by atoms with Gasteiger partial charge < -0.3 is 10.0 Å². The first kappa shape index (κ1) is 16.8. The molecule has 0 bridgehead atoms. The summed E-state index contributed by atoms with van der Waals surface area (Å²) in [6, 6.07) is 6.36. The summed E-state index contributed by atoms with van der Waals surface area (Å²) >= 11 is 6.24. The lowest BCUT2D eigenvalue weighted by Gasteiger charge is -2.29. The summed E-state index contributed by atoms with van der Waals surface area (Å²) in [4.78, 5) is 25.6. The van der Waals surface area contributed by atoms with E-state index in [9.17, 15) is 14.7 Å². The molecule has 1 aliphatic rings. The molecule has 1 N–H and O–H groups in total. The largest absolute Gasteiger partial charge is 0.480 e. The topological polar surface area (TPSA) is 57.6 Å². The standard InChI is InChI=1S/C17H22ClNO3/c1-11(2)7-10-16(20)19-14(8-9-15(19)17(21)22)12-5-3-4-6-13(12)18/h3-6,11,14-15H,7-10H2,1-2H3,(H,21,22)/t14-,15+/m1/s1. The Bertz CT molecular complexity index is 559. The summed E-state index contributed by atoms with van der Waals surface area (Å²) in [5, 5.41) is 10.0. The van der Waals surface area contributed by atoms with Gasteiger partial charge in [-0.15, -0.1) is 0 Å². The SMILES string of the molecule is CC(C)CCC(=O)N1[C@@H](c2ccccc2Cl)CC[C@H]1C(=O)O. The summed E-state index contributed by atoms with van der Waals surface area (Å²) in [5.74, 6) is -0.621. The van der Waals surface area contributed by atoms with Crippen LogP contribution in [0.15, 0.2) is 24.3 Å². The van der Waals surface area contributed by atoms with Gasteiger partial charge in [0.1, 0.15) is 6.04 Å². The molecular formula is C17H22ClNO3. The third kappa shape index (κ3) is 3.61. The van der Waals surface area contributed by atoms with Gasteiger partial charge in [0.15, 0.2) is 0 Å². The molecule has 0 aromatic heterocycles. The van der Waals surface area contributed by atoms with Gasteiger partial charge in [-0.3, -0.25) is 4.79 Å². The molecule has 0 saturated carbocycles. The molecule has 1 aromatic carbocycles. The van der Waals surface area contributed by atoms with Gasteiger partial charge in [0.25, 0.3) is 0 Å². The zero-order valence-electron chi connectivity index (χ0n) is 13.0. The highest BCUT2D eigenvalue weighted by molar-refractivity contribution is 6.31. The van der Waals surface area contributed by atoms with Crippen LogP contribution in [-0.4, -0.2) is 27.9 Å². The number of likely N-dealkylation sites (tertiary alicyclic amines) is 1. The Morgan fingerprint density at radius 2 is 2.00 bits per heavy atom. The van der Waals surface area contributed by atoms with E-state index in [4.69, 9.17) is 11.6 Å². The van der Waals surface area contributed by atoms with E-state index in [1.807, 2.05) is 18.2 Å². The van der Waals surface area contributed by atoms with Gasteiger partial charge in [-0.1, -0.05) is 43.6 Å². The van der Waals surface area contributed by atoms with Crippen molar-refractivity contribution in [2.45, 2.75) is 51.6 Å². The van der Waals surface area contributed by atoms with Gasteiger partial charge in [0.05, 0.1) is 6.04 Å². The Kier molecular flexibility index (Phi) is 5.46. The third-order valence-corrected chi connectivity index (χ3v) is 4.50. The molecular weight excluding hydrogens is 302 g/mol. The van der Waals surface area contributed by atoms with Gasteiger partial charge in [-0.25, -0.2) is 4.79 Å². The number of rotatable bonds is 5. The maximum absolute atomic E-state index is 12.6. The molecule has 4 nitrogen and oxygen atoms in total. The van der Waals surface area contributed by atoms with Crippen LogP contribution in [0.4, 0.5) is 0 Å². The zero-order valence-corrected chi connectivity index (χ0v) is 13.7. The number of carboxylic acid groups (broad SMARTS) is 1. The quantitative estimate of drug-likeness (QED) is 0.894. The molecule has 5 heteroatoms. The molecule has 0 unspecified atom stereocenters. The number of hydrogen-bond donors (Lipinski definition) is 1. The molecule has 1 fully saturated rings. The number of carbonyl (C=O) groups excluding carboxylic acids is 1. The predicted molar refractivity (Wildman–Crippen MR) is 85.8 cm³/mol. The minimum Gasteiger partial charge on any atom is -0.480 e. The molecule has 2 rings (SSSR count). The average molecular weight is 324 g/mol. The van der Waals surface area contributed by atoms with Crippen molar-refractivity contribution in [3.63, 3.8) is 0 Å². The summed E-state index contributed by atoms with van der Waals surface area (Å²) in [5.41, 5.74) is 0.839. The van der Waals surface area contributed by atoms with E-state index in [1.165, 1.54) is 4.90 Å². The summed E-state index contributed by atoms with van der Waals surface area (Å²) in [6.45, 7) is 4.11. The predicted octanol–water partition coefficient (Wildman–Crippen LogP) is 3.89. The number of amides is 1. The first-order valence-electron chi connectivity index (χ1n) is 7.70. The molecule has 0 aliphatic carbocycles. The van der Waals surface area contributed by atoms with Gasteiger partial charge in [0, 0.05) is 11.4 Å². The van der Waals surface area contributed by atoms with E-state index in [-0.39, 0.29) is 11.9 Å². The fourth-order valence-corrected chi connectivity index (χ4v) is 3.25. The van der Waals surface area contributed by atoms with Crippen LogP contribution >= 0.6 is 11.6 Å². The van der Waals surface area contributed by atoms with Crippen LogP contribution < -0.4 is 0 Å². The van der Waals surface area contributed by atoms with Gasteiger partial charge in [-0.2, -0.15) is 0 Å². The van der Waals surface area contributed by atoms with Crippen molar-refractivity contribution < 1.29 is 14.7 Å². The molecule has 120 valence electrons. The second kappa shape index (κ2) is 7.14. The Morgan fingerprint density at radius 1 is 1.32 bits per heavy atom. The second-order valence-corrected chi connectivity index (χ2v) is 6.61. The molecule has 0 spiro atoms. The fourth-order valence-electron chi connectivity index (χ4n) is 2.99. The number of hydrogen-bond acceptors (Lipinski definition) is 2. The average Bonchev–Trinajstić information content (AvgIpc) is 2.90. The van der Waals surface area contributed by atoms with Crippen LogP contribution in [0.2, 0.25) is 5.02 Å². The summed E-state index contributed by atoms with van der Waals surface area (Å²) < 4.78 is 0. The third-order valence-electron chi connectivity index (χ3n) is 4.16. The number of carbonyl (C=O) groups is 2. The van der Waals surface area contributed by atoms with Crippen molar-refractivity contribution in [2.75, 3.05) is 0 Å². The molecule has 1 heterocycles. The minimum absolute atomic E-state index is 0.0940. The Balaban J connectivity index is 2.27. The van der Waals surface area contributed by atoms with Crippen LogP contribution in [-0.2, 0) is 9.59 Å². The number of nitrogens with zero attached hydrogens (tertiary/aromatic N) is 1. The monoisotopic (exact) mass is 323 g/mol. The highest BCUT2D eigenvalue weighted by Gasteiger charge is 2.41. The Labute approximate surface area is 136 Å². The second-order valence-electron chi connectivity index (χ2n) is 6.20. The lowest BCUT2D eigenvalue weighted by molar-refractivity contribution is -0.149. The van der Waals surface area contributed by atoms with Gasteiger partial charge in [0.2, 0.25) is 5.91 Å². The van der Waals surface area contributed by atoms with Crippen molar-refractivity contribution in [3.05, 3.63) is 34.9 Å². The summed E-state index contributed by atoms with van der Waals surface area (Å²) in [7, 11) is 0. The van der Waals surface area contributed by atoms with Crippen molar-refractivity contribution in [3.8, 4) is 0 Å². The fraction of sp³-hybridized carbons (Fsp3) is 0.529. The van der Waals surface area contributed by atoms with Crippen molar-refractivity contribution in [1.29, 1.82) is 0 Å². The van der Waals surface area contributed by atoms with Crippen molar-refractivity contribution in [2.24, 2.45) is 5.92 Å². The van der Waals surface area contributed by atoms with Gasteiger partial charge in [-0.05, 0) is 36.8 Å².